The smallest absolute Gasteiger partial charge is 0.145 e. The lowest BCUT2D eigenvalue weighted by molar-refractivity contribution is 0.670. The molecule has 2 nitrogen and oxygen atoms in total. The highest BCUT2D eigenvalue weighted by atomic mass is 32.1. The molecule has 0 atom stereocenters. The first-order valence-corrected chi connectivity index (χ1v) is 16.9. The summed E-state index contributed by atoms with van der Waals surface area (Å²) in [4.78, 5) is 5.20. The molecular formula is C43H35NOS. The van der Waals surface area contributed by atoms with Crippen molar-refractivity contribution in [1.82, 2.24) is 4.98 Å². The van der Waals surface area contributed by atoms with Gasteiger partial charge in [0.1, 0.15) is 16.2 Å². The van der Waals surface area contributed by atoms with Crippen LogP contribution >= 0.6 is 11.3 Å². The predicted octanol–water partition coefficient (Wildman–Crippen LogP) is 13.1. The molecule has 2 aromatic heterocycles. The Morgan fingerprint density at radius 3 is 1.85 bits per heavy atom. The van der Waals surface area contributed by atoms with Gasteiger partial charge in [-0.15, -0.1) is 11.3 Å². The molecule has 8 aromatic rings. The summed E-state index contributed by atoms with van der Waals surface area (Å²) in [5.74, 6) is 0.700. The number of fused-ring (bicyclic) bond motifs is 4. The van der Waals surface area contributed by atoms with Gasteiger partial charge in [-0.2, -0.15) is 0 Å². The lowest BCUT2D eigenvalue weighted by atomic mass is 9.82. The molecule has 0 aliphatic carbocycles. The Hall–Kier alpha value is -4.99. The van der Waals surface area contributed by atoms with Gasteiger partial charge in [-0.3, -0.25) is 0 Å². The van der Waals surface area contributed by atoms with Gasteiger partial charge >= 0.3 is 0 Å². The highest BCUT2D eigenvalue weighted by molar-refractivity contribution is 7.22. The normalized spacial score (nSPS) is 11.9. The zero-order valence-corrected chi connectivity index (χ0v) is 27.4. The first-order valence-electron chi connectivity index (χ1n) is 16.1. The van der Waals surface area contributed by atoms with Crippen LogP contribution in [0.25, 0.3) is 76.1 Å². The third-order valence-electron chi connectivity index (χ3n) is 9.09. The summed E-state index contributed by atoms with van der Waals surface area (Å²) in [5.41, 5.74) is 14.2. The number of hydrogen-bond acceptors (Lipinski definition) is 3. The zero-order valence-electron chi connectivity index (χ0n) is 26.5. The van der Waals surface area contributed by atoms with Crippen LogP contribution in [-0.2, 0) is 0 Å². The Balaban J connectivity index is 1.28. The maximum Gasteiger partial charge on any atom is 0.145 e. The molecule has 8 rings (SSSR count). The zero-order chi connectivity index (χ0) is 31.4. The Morgan fingerprint density at radius 1 is 0.543 bits per heavy atom. The van der Waals surface area contributed by atoms with Crippen LogP contribution in [-0.4, -0.2) is 4.98 Å². The second-order valence-corrected chi connectivity index (χ2v) is 13.7. The second-order valence-electron chi connectivity index (χ2n) is 12.7. The fraction of sp³-hybridized carbons (Fsp3) is 0.140. The number of thiazole rings is 1. The van der Waals surface area contributed by atoms with E-state index < -0.39 is 0 Å². The van der Waals surface area contributed by atoms with Crippen LogP contribution in [0.2, 0.25) is 0 Å². The molecule has 46 heavy (non-hydrogen) atoms. The number of rotatable bonds is 6. The van der Waals surface area contributed by atoms with E-state index in [-0.39, 0.29) is 0 Å². The lowest BCUT2D eigenvalue weighted by Gasteiger charge is -2.22. The van der Waals surface area contributed by atoms with Gasteiger partial charge in [-0.1, -0.05) is 137 Å². The first-order chi connectivity index (χ1) is 22.5. The van der Waals surface area contributed by atoms with Crippen LogP contribution in [0, 0.1) is 0 Å². The van der Waals surface area contributed by atoms with Crippen molar-refractivity contribution >= 4 is 43.5 Å². The number of nitrogens with zero attached hydrogens (tertiary/aromatic N) is 1. The molecule has 0 spiro atoms. The highest BCUT2D eigenvalue weighted by Gasteiger charge is 2.22. The van der Waals surface area contributed by atoms with Crippen molar-refractivity contribution in [1.29, 1.82) is 0 Å². The first kappa shape index (κ1) is 28.5. The molecule has 0 N–H and O–H groups in total. The largest absolute Gasteiger partial charge is 0.455 e. The van der Waals surface area contributed by atoms with Crippen LogP contribution in [0.3, 0.4) is 0 Å². The topological polar surface area (TPSA) is 26.0 Å². The van der Waals surface area contributed by atoms with Crippen LogP contribution < -0.4 is 0 Å². The summed E-state index contributed by atoms with van der Waals surface area (Å²) in [5, 5.41) is 3.25. The average Bonchev–Trinajstić information content (AvgIpc) is 3.70. The fourth-order valence-electron chi connectivity index (χ4n) is 6.74. The minimum Gasteiger partial charge on any atom is -0.455 e. The Morgan fingerprint density at radius 2 is 1.13 bits per heavy atom. The monoisotopic (exact) mass is 613 g/mol. The quantitative estimate of drug-likeness (QED) is 0.186. The molecule has 0 bridgehead atoms. The van der Waals surface area contributed by atoms with E-state index in [4.69, 9.17) is 9.40 Å². The lowest BCUT2D eigenvalue weighted by Crippen LogP contribution is -2.01. The van der Waals surface area contributed by atoms with Gasteiger partial charge in [-0.25, -0.2) is 4.98 Å². The molecule has 0 radical (unpaired) electrons. The molecule has 0 amide bonds. The van der Waals surface area contributed by atoms with Gasteiger partial charge in [0.05, 0.1) is 15.8 Å². The predicted molar refractivity (Wildman–Crippen MR) is 197 cm³/mol. The van der Waals surface area contributed by atoms with Crippen molar-refractivity contribution in [3.05, 3.63) is 139 Å². The molecule has 6 aromatic carbocycles. The van der Waals surface area contributed by atoms with E-state index in [1.165, 1.54) is 49.2 Å². The third kappa shape index (κ3) is 4.83. The average molecular weight is 614 g/mol. The van der Waals surface area contributed by atoms with Crippen molar-refractivity contribution in [2.75, 3.05) is 0 Å². The van der Waals surface area contributed by atoms with Gasteiger partial charge < -0.3 is 4.42 Å². The number of para-hydroxylation sites is 2. The van der Waals surface area contributed by atoms with Crippen LogP contribution in [0.4, 0.5) is 0 Å². The Kier molecular flexibility index (Phi) is 7.07. The van der Waals surface area contributed by atoms with E-state index >= 15 is 0 Å². The summed E-state index contributed by atoms with van der Waals surface area (Å²) in [6, 6.07) is 45.7. The third-order valence-corrected chi connectivity index (χ3v) is 10.2. The molecule has 0 fully saturated rings. The second kappa shape index (κ2) is 11.4. The highest BCUT2D eigenvalue weighted by Crippen LogP contribution is 2.46. The molecule has 3 heteroatoms. The van der Waals surface area contributed by atoms with Crippen molar-refractivity contribution in [3.8, 4) is 44.0 Å². The number of aromatic nitrogens is 1. The van der Waals surface area contributed by atoms with Crippen molar-refractivity contribution < 1.29 is 4.42 Å². The molecule has 0 saturated carbocycles. The molecule has 0 saturated heterocycles. The Labute approximate surface area is 274 Å². The summed E-state index contributed by atoms with van der Waals surface area (Å²) >= 11 is 1.77. The molecule has 0 aliphatic heterocycles. The summed E-state index contributed by atoms with van der Waals surface area (Å²) < 4.78 is 7.62. The fourth-order valence-corrected chi connectivity index (χ4v) is 7.84. The van der Waals surface area contributed by atoms with E-state index in [1.54, 1.807) is 11.3 Å². The SMILES string of the molecule is CC(C)c1cc(-c2ccc(-c3ccccc3)cc2)cc(C(C)C)c1-c1cccc2nc(-c3cccc4c3oc3ccccc34)sc12. The molecule has 0 unspecified atom stereocenters. The van der Waals surface area contributed by atoms with Crippen LogP contribution in [0.1, 0.15) is 50.7 Å². The standard InChI is InChI=1S/C43H35NOS/c1-26(2)36-24-31(30-22-20-29(21-23-30)28-12-6-5-7-13-28)25-37(27(3)4)40(36)34-16-11-18-38-42(34)46-43(44-38)35-17-10-15-33-32-14-8-9-19-39(32)45-41(33)35/h5-27H,1-4H3. The van der Waals surface area contributed by atoms with Gasteiger partial charge in [-0.05, 0) is 69.0 Å². The minimum atomic E-state index is 0.350. The van der Waals surface area contributed by atoms with E-state index in [9.17, 15) is 0 Å². The maximum absolute atomic E-state index is 6.40. The van der Waals surface area contributed by atoms with Crippen LogP contribution in [0.15, 0.2) is 132 Å². The van der Waals surface area contributed by atoms with Crippen molar-refractivity contribution in [3.63, 3.8) is 0 Å². The molecular weight excluding hydrogens is 579 g/mol. The van der Waals surface area contributed by atoms with E-state index in [0.717, 1.165) is 38.0 Å². The number of benzene rings is 6. The Bertz CT molecular complexity index is 2330. The van der Waals surface area contributed by atoms with E-state index in [2.05, 4.69) is 143 Å². The molecule has 2 heterocycles. The summed E-state index contributed by atoms with van der Waals surface area (Å²) in [6.45, 7) is 9.24. The van der Waals surface area contributed by atoms with Gasteiger partial charge in [0.25, 0.3) is 0 Å². The summed E-state index contributed by atoms with van der Waals surface area (Å²) in [6.07, 6.45) is 0. The number of furan rings is 1. The minimum absolute atomic E-state index is 0.350. The van der Waals surface area contributed by atoms with Gasteiger partial charge in [0, 0.05) is 16.3 Å². The van der Waals surface area contributed by atoms with Crippen LogP contribution in [0.5, 0.6) is 0 Å². The molecule has 224 valence electrons. The van der Waals surface area contributed by atoms with Crippen molar-refractivity contribution in [2.24, 2.45) is 0 Å². The summed E-state index contributed by atoms with van der Waals surface area (Å²) in [7, 11) is 0. The van der Waals surface area contributed by atoms with Gasteiger partial charge in [0.2, 0.25) is 0 Å². The van der Waals surface area contributed by atoms with E-state index in [1.807, 2.05) is 12.1 Å². The van der Waals surface area contributed by atoms with Crippen molar-refractivity contribution in [2.45, 2.75) is 39.5 Å². The number of hydrogen-bond donors (Lipinski definition) is 0. The van der Waals surface area contributed by atoms with E-state index in [0.29, 0.717) is 11.8 Å². The molecule has 0 aliphatic rings. The maximum atomic E-state index is 6.40. The van der Waals surface area contributed by atoms with Gasteiger partial charge in [0.15, 0.2) is 0 Å².